The lowest BCUT2D eigenvalue weighted by molar-refractivity contribution is 0.483. The molecule has 0 fully saturated rings. The van der Waals surface area contributed by atoms with Gasteiger partial charge in [-0.05, 0) is 116 Å². The van der Waals surface area contributed by atoms with Crippen LogP contribution in [-0.4, -0.2) is 0 Å². The largest absolute Gasteiger partial charge is 0.246 e. The van der Waals surface area contributed by atoms with Crippen molar-refractivity contribution < 1.29 is 8.78 Å². The topological polar surface area (TPSA) is 0 Å². The maximum atomic E-state index is 13.1. The van der Waals surface area contributed by atoms with Crippen LogP contribution in [0, 0.1) is 12.7 Å². The van der Waals surface area contributed by atoms with E-state index < -0.39 is 6.67 Å². The van der Waals surface area contributed by atoms with Gasteiger partial charge in [0.1, 0.15) is 6.67 Å². The summed E-state index contributed by atoms with van der Waals surface area (Å²) in [6.07, 6.45) is 0. The van der Waals surface area contributed by atoms with Crippen molar-refractivity contribution >= 4 is 95.6 Å². The van der Waals surface area contributed by atoms with Crippen LogP contribution >= 0.6 is 95.6 Å². The van der Waals surface area contributed by atoms with E-state index in [2.05, 4.69) is 95.6 Å². The number of aryl methyl sites for hydroxylation is 1. The van der Waals surface area contributed by atoms with E-state index in [1.54, 1.807) is 6.07 Å². The highest BCUT2D eigenvalue weighted by molar-refractivity contribution is 9.13. The van der Waals surface area contributed by atoms with Crippen molar-refractivity contribution in [1.82, 2.24) is 0 Å². The Morgan fingerprint density at radius 1 is 0.818 bits per heavy atom. The highest BCUT2D eigenvalue weighted by atomic mass is 79.9. The zero-order valence-electron chi connectivity index (χ0n) is 11.0. The number of alkyl halides is 1. The quantitative estimate of drug-likeness (QED) is 0.207. The fourth-order valence-corrected chi connectivity index (χ4v) is 4.46. The SMILES string of the molecule is Cc1cc(Br)c(Br)c(F)c1Br.FCc1cc(Br)cc(Br)c1Br. The molecule has 120 valence electrons. The van der Waals surface area contributed by atoms with Crippen LogP contribution in [0.3, 0.4) is 0 Å². The molecule has 0 spiro atoms. The van der Waals surface area contributed by atoms with Gasteiger partial charge in [-0.3, -0.25) is 0 Å². The van der Waals surface area contributed by atoms with E-state index in [1.165, 1.54) is 0 Å². The van der Waals surface area contributed by atoms with Gasteiger partial charge in [-0.25, -0.2) is 8.78 Å². The van der Waals surface area contributed by atoms with Crippen molar-refractivity contribution in [3.05, 3.63) is 62.0 Å². The minimum atomic E-state index is -0.460. The summed E-state index contributed by atoms with van der Waals surface area (Å²) in [4.78, 5) is 0. The van der Waals surface area contributed by atoms with Crippen molar-refractivity contribution in [2.45, 2.75) is 13.6 Å². The van der Waals surface area contributed by atoms with Crippen LogP contribution in [0.5, 0.6) is 0 Å². The van der Waals surface area contributed by atoms with Gasteiger partial charge in [0.05, 0.1) is 8.95 Å². The summed E-state index contributed by atoms with van der Waals surface area (Å²) in [5.74, 6) is -0.267. The van der Waals surface area contributed by atoms with Crippen molar-refractivity contribution in [1.29, 1.82) is 0 Å². The molecule has 0 aliphatic rings. The normalized spacial score (nSPS) is 10.2. The summed E-state index contributed by atoms with van der Waals surface area (Å²) in [7, 11) is 0. The Hall–Kier alpha value is 1.18. The third-order valence-electron chi connectivity index (χ3n) is 2.50. The predicted octanol–water partition coefficient (Wildman–Crippen LogP) is 8.87. The highest BCUT2D eigenvalue weighted by Crippen LogP contribution is 2.33. The van der Waals surface area contributed by atoms with Crippen molar-refractivity contribution in [2.75, 3.05) is 0 Å². The Morgan fingerprint density at radius 3 is 1.91 bits per heavy atom. The first-order valence-electron chi connectivity index (χ1n) is 5.68. The molecule has 0 aliphatic carbocycles. The summed E-state index contributed by atoms with van der Waals surface area (Å²) < 4.78 is 29.6. The minimum absolute atomic E-state index is 0.267. The second kappa shape index (κ2) is 9.61. The molecular formula is C14H8Br6F2. The molecule has 0 bridgehead atoms. The monoisotopic (exact) mass is 688 g/mol. The summed E-state index contributed by atoms with van der Waals surface area (Å²) in [6.45, 7) is 1.38. The smallest absolute Gasteiger partial charge is 0.152 e. The standard InChI is InChI=1S/2C7H4Br3F/c8-5-1-4(3-11)7(10)6(9)2-5;1-3-2-4(8)6(10)7(11)5(3)9/h1-2H,3H2;2H,1H3. The Bertz CT molecular complexity index is 662. The van der Waals surface area contributed by atoms with Gasteiger partial charge < -0.3 is 0 Å². The molecule has 0 amide bonds. The van der Waals surface area contributed by atoms with E-state index in [-0.39, 0.29) is 5.82 Å². The Labute approximate surface area is 178 Å². The van der Waals surface area contributed by atoms with Gasteiger partial charge in [0.15, 0.2) is 5.82 Å². The van der Waals surface area contributed by atoms with Crippen LogP contribution in [0.15, 0.2) is 45.0 Å². The molecule has 0 radical (unpaired) electrons. The van der Waals surface area contributed by atoms with E-state index in [0.717, 1.165) is 23.5 Å². The fourth-order valence-electron chi connectivity index (χ4n) is 1.40. The molecule has 2 rings (SSSR count). The molecular weight excluding hydrogens is 686 g/mol. The zero-order valence-corrected chi connectivity index (χ0v) is 20.5. The molecule has 22 heavy (non-hydrogen) atoms. The summed E-state index contributed by atoms with van der Waals surface area (Å²) in [5.41, 5.74) is 1.52. The maximum Gasteiger partial charge on any atom is 0.152 e. The van der Waals surface area contributed by atoms with Crippen LogP contribution in [-0.2, 0) is 6.67 Å². The van der Waals surface area contributed by atoms with Crippen LogP contribution in [0.1, 0.15) is 11.1 Å². The molecule has 0 heterocycles. The third-order valence-corrected chi connectivity index (χ3v) is 7.95. The van der Waals surface area contributed by atoms with Gasteiger partial charge >= 0.3 is 0 Å². The molecule has 0 aliphatic heterocycles. The molecule has 0 N–H and O–H groups in total. The third kappa shape index (κ3) is 5.62. The first-order valence-corrected chi connectivity index (χ1v) is 10.4. The van der Waals surface area contributed by atoms with Gasteiger partial charge in [0.2, 0.25) is 0 Å². The first-order chi connectivity index (χ1) is 10.2. The van der Waals surface area contributed by atoms with Gasteiger partial charge in [0, 0.05) is 17.9 Å². The van der Waals surface area contributed by atoms with Gasteiger partial charge in [-0.15, -0.1) is 0 Å². The van der Waals surface area contributed by atoms with E-state index >= 15 is 0 Å². The van der Waals surface area contributed by atoms with Crippen molar-refractivity contribution in [3.8, 4) is 0 Å². The molecule has 0 nitrogen and oxygen atoms in total. The van der Waals surface area contributed by atoms with Crippen LogP contribution < -0.4 is 0 Å². The molecule has 0 saturated heterocycles. The second-order valence-corrected chi connectivity index (χ2v) is 9.11. The average molecular weight is 694 g/mol. The Balaban J connectivity index is 0.000000220. The van der Waals surface area contributed by atoms with Gasteiger partial charge in [0.25, 0.3) is 0 Å². The summed E-state index contributed by atoms with van der Waals surface area (Å²) in [6, 6.07) is 5.45. The molecule has 0 unspecified atom stereocenters. The van der Waals surface area contributed by atoms with E-state index in [1.807, 2.05) is 19.1 Å². The van der Waals surface area contributed by atoms with E-state index in [4.69, 9.17) is 0 Å². The average Bonchev–Trinajstić information content (AvgIpc) is 2.47. The number of hydrogen-bond acceptors (Lipinski definition) is 0. The molecule has 8 heteroatoms. The Kier molecular flexibility index (Phi) is 9.27. The number of hydrogen-bond donors (Lipinski definition) is 0. The number of benzene rings is 2. The lowest BCUT2D eigenvalue weighted by Gasteiger charge is -2.03. The zero-order chi connectivity index (χ0) is 17.0. The van der Waals surface area contributed by atoms with Crippen LogP contribution in [0.25, 0.3) is 0 Å². The second-order valence-electron chi connectivity index (χ2n) is 4.11. The van der Waals surface area contributed by atoms with Gasteiger partial charge in [-0.2, -0.15) is 0 Å². The predicted molar refractivity (Wildman–Crippen MR) is 109 cm³/mol. The lowest BCUT2D eigenvalue weighted by Crippen LogP contribution is -1.85. The molecule has 0 aromatic heterocycles. The maximum absolute atomic E-state index is 13.1. The van der Waals surface area contributed by atoms with Crippen LogP contribution in [0.2, 0.25) is 0 Å². The minimum Gasteiger partial charge on any atom is -0.246 e. The molecule has 0 atom stereocenters. The Morgan fingerprint density at radius 2 is 1.36 bits per heavy atom. The molecule has 2 aromatic carbocycles. The van der Waals surface area contributed by atoms with E-state index in [9.17, 15) is 8.78 Å². The van der Waals surface area contributed by atoms with Crippen molar-refractivity contribution in [2.24, 2.45) is 0 Å². The summed E-state index contributed by atoms with van der Waals surface area (Å²) in [5, 5.41) is 0. The lowest BCUT2D eigenvalue weighted by atomic mass is 10.2. The first kappa shape index (κ1) is 21.2. The number of halogens is 8. The highest BCUT2D eigenvalue weighted by Gasteiger charge is 2.10. The van der Waals surface area contributed by atoms with Crippen LogP contribution in [0.4, 0.5) is 8.78 Å². The molecule has 0 saturated carbocycles. The van der Waals surface area contributed by atoms with E-state index in [0.29, 0.717) is 14.5 Å². The summed E-state index contributed by atoms with van der Waals surface area (Å²) >= 11 is 19.3. The molecule has 2 aromatic rings. The van der Waals surface area contributed by atoms with Gasteiger partial charge in [-0.1, -0.05) is 15.9 Å². The fraction of sp³-hybridized carbons (Fsp3) is 0.143. The number of rotatable bonds is 1. The van der Waals surface area contributed by atoms with Crippen molar-refractivity contribution in [3.63, 3.8) is 0 Å².